The van der Waals surface area contributed by atoms with Gasteiger partial charge in [0.15, 0.2) is 0 Å². The maximum Gasteiger partial charge on any atom is 0.416 e. The molecule has 31 heavy (non-hydrogen) atoms. The summed E-state index contributed by atoms with van der Waals surface area (Å²) < 4.78 is 79.9. The molecule has 0 spiro atoms. The van der Waals surface area contributed by atoms with Gasteiger partial charge in [0.25, 0.3) is 5.91 Å². The zero-order valence-electron chi connectivity index (χ0n) is 16.3. The third-order valence-electron chi connectivity index (χ3n) is 5.09. The Bertz CT molecular complexity index is 1110. The van der Waals surface area contributed by atoms with Gasteiger partial charge in [-0.05, 0) is 55.7 Å². The predicted octanol–water partition coefficient (Wildman–Crippen LogP) is 4.39. The first kappa shape index (κ1) is 23.5. The van der Waals surface area contributed by atoms with Crippen LogP contribution in [0.4, 0.5) is 17.6 Å². The largest absolute Gasteiger partial charge is 0.416 e. The first-order valence-corrected chi connectivity index (χ1v) is 11.2. The van der Waals surface area contributed by atoms with E-state index in [1.165, 1.54) is 16.4 Å². The number of rotatable bonds is 4. The van der Waals surface area contributed by atoms with Crippen molar-refractivity contribution in [2.24, 2.45) is 0 Å². The molecule has 0 saturated carbocycles. The van der Waals surface area contributed by atoms with E-state index in [2.05, 4.69) is 5.32 Å². The van der Waals surface area contributed by atoms with Crippen LogP contribution in [0.25, 0.3) is 0 Å². The molecule has 168 valence electrons. The molecule has 1 aliphatic heterocycles. The van der Waals surface area contributed by atoms with Crippen molar-refractivity contribution in [1.82, 2.24) is 9.62 Å². The fraction of sp³-hybridized carbons (Fsp3) is 0.350. The van der Waals surface area contributed by atoms with Gasteiger partial charge in [-0.15, -0.1) is 0 Å². The molecule has 1 fully saturated rings. The molecule has 1 saturated heterocycles. The normalized spacial score (nSPS) is 18.1. The van der Waals surface area contributed by atoms with E-state index in [9.17, 15) is 30.8 Å². The highest BCUT2D eigenvalue weighted by Gasteiger charge is 2.34. The number of sulfonamides is 1. The molecule has 0 bridgehead atoms. The molecule has 1 atom stereocenters. The molecule has 2 aromatic rings. The molecular formula is C20H19ClF4N2O3S. The van der Waals surface area contributed by atoms with Gasteiger partial charge >= 0.3 is 6.18 Å². The van der Waals surface area contributed by atoms with Crippen LogP contribution in [-0.4, -0.2) is 37.8 Å². The molecule has 0 aromatic heterocycles. The molecule has 11 heteroatoms. The minimum atomic E-state index is -4.73. The first-order chi connectivity index (χ1) is 14.4. The highest BCUT2D eigenvalue weighted by molar-refractivity contribution is 7.89. The minimum absolute atomic E-state index is 0.0379. The van der Waals surface area contributed by atoms with Gasteiger partial charge in [0.1, 0.15) is 5.82 Å². The molecule has 1 heterocycles. The Hall–Kier alpha value is -2.17. The SMILES string of the molecule is Cc1c(Cl)cccc1S(=O)(=O)N1CCCC(NC(=O)c2cc(C(F)(F)F)ccc2F)C1. The van der Waals surface area contributed by atoms with Gasteiger partial charge in [0.2, 0.25) is 10.0 Å². The molecule has 0 radical (unpaired) electrons. The summed E-state index contributed by atoms with van der Waals surface area (Å²) in [6.07, 6.45) is -3.92. The van der Waals surface area contributed by atoms with Gasteiger partial charge in [-0.1, -0.05) is 17.7 Å². The topological polar surface area (TPSA) is 66.5 Å². The van der Waals surface area contributed by atoms with Gasteiger partial charge in [-0.25, -0.2) is 12.8 Å². The number of nitrogens with zero attached hydrogens (tertiary/aromatic N) is 1. The second-order valence-electron chi connectivity index (χ2n) is 7.23. The average Bonchev–Trinajstić information content (AvgIpc) is 2.69. The summed E-state index contributed by atoms with van der Waals surface area (Å²) in [6, 6.07) is 5.39. The van der Waals surface area contributed by atoms with E-state index in [0.29, 0.717) is 41.6 Å². The monoisotopic (exact) mass is 478 g/mol. The van der Waals surface area contributed by atoms with Crippen molar-refractivity contribution in [3.05, 3.63) is 63.9 Å². The fourth-order valence-electron chi connectivity index (χ4n) is 3.42. The number of alkyl halides is 3. The summed E-state index contributed by atoms with van der Waals surface area (Å²) in [5, 5.41) is 2.75. The second kappa shape index (κ2) is 8.76. The van der Waals surface area contributed by atoms with Gasteiger partial charge < -0.3 is 5.32 Å². The number of hydrogen-bond acceptors (Lipinski definition) is 3. The Balaban J connectivity index is 1.79. The molecule has 1 aliphatic rings. The summed E-state index contributed by atoms with van der Waals surface area (Å²) in [6.45, 7) is 1.69. The van der Waals surface area contributed by atoms with E-state index in [4.69, 9.17) is 11.6 Å². The molecule has 1 unspecified atom stereocenters. The lowest BCUT2D eigenvalue weighted by atomic mass is 10.1. The average molecular weight is 479 g/mol. The van der Waals surface area contributed by atoms with E-state index in [1.54, 1.807) is 13.0 Å². The minimum Gasteiger partial charge on any atom is -0.348 e. The van der Waals surface area contributed by atoms with E-state index >= 15 is 0 Å². The number of carbonyl (C=O) groups excluding carboxylic acids is 1. The molecule has 1 amide bonds. The van der Waals surface area contributed by atoms with Gasteiger partial charge in [0.05, 0.1) is 16.0 Å². The standard InChI is InChI=1S/C20H19ClF4N2O3S/c1-12-16(21)5-2-6-18(12)31(29,30)27-9-3-4-14(11-27)26-19(28)15-10-13(20(23,24)25)7-8-17(15)22/h2,5-8,10,14H,3-4,9,11H2,1H3,(H,26,28). The first-order valence-electron chi connectivity index (χ1n) is 9.34. The van der Waals surface area contributed by atoms with Crippen LogP contribution in [0, 0.1) is 12.7 Å². The van der Waals surface area contributed by atoms with Crippen LogP contribution in [0.1, 0.15) is 34.3 Å². The van der Waals surface area contributed by atoms with Gasteiger partial charge in [0, 0.05) is 24.2 Å². The van der Waals surface area contributed by atoms with E-state index in [0.717, 1.165) is 0 Å². The fourth-order valence-corrected chi connectivity index (χ4v) is 5.43. The lowest BCUT2D eigenvalue weighted by Crippen LogP contribution is -2.49. The number of piperidine rings is 1. The molecular weight excluding hydrogens is 460 g/mol. The molecule has 0 aliphatic carbocycles. The lowest BCUT2D eigenvalue weighted by molar-refractivity contribution is -0.137. The van der Waals surface area contributed by atoms with E-state index < -0.39 is 45.1 Å². The third kappa shape index (κ3) is 5.02. The Kier molecular flexibility index (Phi) is 6.64. The van der Waals surface area contributed by atoms with Crippen LogP contribution >= 0.6 is 11.6 Å². The molecule has 3 rings (SSSR count). The number of amides is 1. The maximum absolute atomic E-state index is 14.0. The zero-order valence-corrected chi connectivity index (χ0v) is 17.9. The summed E-state index contributed by atoms with van der Waals surface area (Å²) >= 11 is 6.03. The van der Waals surface area contributed by atoms with Crippen molar-refractivity contribution in [3.8, 4) is 0 Å². The quantitative estimate of drug-likeness (QED) is 0.663. The molecule has 1 N–H and O–H groups in total. The maximum atomic E-state index is 14.0. The number of hydrogen-bond donors (Lipinski definition) is 1. The van der Waals surface area contributed by atoms with E-state index in [-0.39, 0.29) is 18.0 Å². The molecule has 5 nitrogen and oxygen atoms in total. The van der Waals surface area contributed by atoms with Crippen LogP contribution in [-0.2, 0) is 16.2 Å². The highest BCUT2D eigenvalue weighted by Crippen LogP contribution is 2.31. The van der Waals surface area contributed by atoms with Crippen LogP contribution in [0.5, 0.6) is 0 Å². The number of nitrogens with one attached hydrogen (secondary N) is 1. The highest BCUT2D eigenvalue weighted by atomic mass is 35.5. The Labute approximate surface area is 182 Å². The second-order valence-corrected chi connectivity index (χ2v) is 9.54. The van der Waals surface area contributed by atoms with Crippen LogP contribution in [0.2, 0.25) is 5.02 Å². The van der Waals surface area contributed by atoms with Gasteiger partial charge in [-0.2, -0.15) is 17.5 Å². The van der Waals surface area contributed by atoms with Crippen molar-refractivity contribution in [2.75, 3.05) is 13.1 Å². The summed E-state index contributed by atoms with van der Waals surface area (Å²) in [5.74, 6) is -2.13. The van der Waals surface area contributed by atoms with Crippen molar-refractivity contribution in [3.63, 3.8) is 0 Å². The summed E-state index contributed by atoms with van der Waals surface area (Å²) in [7, 11) is -3.91. The van der Waals surface area contributed by atoms with Crippen molar-refractivity contribution >= 4 is 27.5 Å². The van der Waals surface area contributed by atoms with Crippen LogP contribution in [0.3, 0.4) is 0 Å². The Morgan fingerprint density at radius 3 is 2.61 bits per heavy atom. The third-order valence-corrected chi connectivity index (χ3v) is 7.51. The van der Waals surface area contributed by atoms with Crippen LogP contribution in [0.15, 0.2) is 41.3 Å². The Morgan fingerprint density at radius 2 is 1.94 bits per heavy atom. The number of benzene rings is 2. The Morgan fingerprint density at radius 1 is 1.23 bits per heavy atom. The van der Waals surface area contributed by atoms with Crippen LogP contribution < -0.4 is 5.32 Å². The van der Waals surface area contributed by atoms with E-state index in [1.807, 2.05) is 0 Å². The van der Waals surface area contributed by atoms with Crippen molar-refractivity contribution in [2.45, 2.75) is 36.9 Å². The predicted molar refractivity (Wildman–Crippen MR) is 107 cm³/mol. The lowest BCUT2D eigenvalue weighted by Gasteiger charge is -2.32. The number of carbonyl (C=O) groups is 1. The summed E-state index contributed by atoms with van der Waals surface area (Å²) in [5.41, 5.74) is -1.51. The molecule has 2 aromatic carbocycles. The summed E-state index contributed by atoms with van der Waals surface area (Å²) in [4.78, 5) is 12.5. The number of halogens is 5. The van der Waals surface area contributed by atoms with Crippen molar-refractivity contribution < 1.29 is 30.8 Å². The smallest absolute Gasteiger partial charge is 0.348 e. The van der Waals surface area contributed by atoms with Crippen molar-refractivity contribution in [1.29, 1.82) is 0 Å². The zero-order chi connectivity index (χ0) is 23.0. The van der Waals surface area contributed by atoms with Gasteiger partial charge in [-0.3, -0.25) is 4.79 Å².